The summed E-state index contributed by atoms with van der Waals surface area (Å²) < 4.78 is 11.4. The Hall–Kier alpha value is -1.24. The lowest BCUT2D eigenvalue weighted by Crippen LogP contribution is -2.48. The normalized spacial score (nSPS) is 16.9. The van der Waals surface area contributed by atoms with Crippen LogP contribution in [-0.4, -0.2) is 55.2 Å². The monoisotopic (exact) mass is 352 g/mol. The number of amides is 1. The molecule has 2 N–H and O–H groups in total. The Morgan fingerprint density at radius 1 is 1.38 bits per heavy atom. The molecule has 0 bridgehead atoms. The molecule has 1 amide bonds. The van der Waals surface area contributed by atoms with Crippen molar-refractivity contribution in [3.05, 3.63) is 29.8 Å². The van der Waals surface area contributed by atoms with Gasteiger partial charge >= 0.3 is 0 Å². The van der Waals surface area contributed by atoms with Crippen molar-refractivity contribution in [2.75, 3.05) is 32.2 Å². The van der Waals surface area contributed by atoms with Crippen LogP contribution >= 0.6 is 11.8 Å². The second-order valence-corrected chi connectivity index (χ2v) is 7.02. The third-order valence-corrected chi connectivity index (χ3v) is 5.01. The molecule has 1 aliphatic rings. The highest BCUT2D eigenvalue weighted by atomic mass is 32.2. The quantitative estimate of drug-likeness (QED) is 0.778. The lowest BCUT2D eigenvalue weighted by Gasteiger charge is -2.33. The van der Waals surface area contributed by atoms with Crippen molar-refractivity contribution in [3.63, 3.8) is 0 Å². The minimum absolute atomic E-state index is 0.0761. The number of nitrogens with two attached hydrogens (primary N) is 1. The van der Waals surface area contributed by atoms with E-state index in [2.05, 4.69) is 0 Å². The minimum atomic E-state index is -0.372. The van der Waals surface area contributed by atoms with Crippen molar-refractivity contribution in [1.29, 1.82) is 0 Å². The maximum absolute atomic E-state index is 12.3. The summed E-state index contributed by atoms with van der Waals surface area (Å²) >= 11 is 1.72. The fourth-order valence-corrected chi connectivity index (χ4v) is 3.37. The van der Waals surface area contributed by atoms with Crippen LogP contribution in [0, 0.1) is 0 Å². The van der Waals surface area contributed by atoms with E-state index in [9.17, 15) is 4.79 Å². The van der Waals surface area contributed by atoms with E-state index in [4.69, 9.17) is 15.2 Å². The molecule has 2 rings (SSSR count). The Kier molecular flexibility index (Phi) is 7.88. The fraction of sp³-hybridized carbons (Fsp3) is 0.611. The predicted octanol–water partition coefficient (Wildman–Crippen LogP) is 2.28. The van der Waals surface area contributed by atoms with Crippen molar-refractivity contribution in [1.82, 2.24) is 4.90 Å². The first-order valence-electron chi connectivity index (χ1n) is 8.42. The largest absolute Gasteiger partial charge is 0.496 e. The maximum atomic E-state index is 12.3. The van der Waals surface area contributed by atoms with Gasteiger partial charge < -0.3 is 20.1 Å². The van der Waals surface area contributed by atoms with Gasteiger partial charge in [-0.3, -0.25) is 4.79 Å². The first-order chi connectivity index (χ1) is 11.7. The second kappa shape index (κ2) is 9.91. The third-order valence-electron chi connectivity index (χ3n) is 4.37. The lowest BCUT2D eigenvalue weighted by atomic mass is 10.1. The van der Waals surface area contributed by atoms with Crippen LogP contribution in [0.25, 0.3) is 0 Å². The Bertz CT molecular complexity index is 519. The van der Waals surface area contributed by atoms with E-state index in [1.54, 1.807) is 18.9 Å². The third kappa shape index (κ3) is 5.40. The smallest absolute Gasteiger partial charge is 0.239 e. The molecule has 134 valence electrons. The summed E-state index contributed by atoms with van der Waals surface area (Å²) in [7, 11) is 1.67. The molecule has 1 aromatic rings. The van der Waals surface area contributed by atoms with Crippen molar-refractivity contribution in [3.8, 4) is 5.75 Å². The lowest BCUT2D eigenvalue weighted by molar-refractivity contribution is -0.135. The highest BCUT2D eigenvalue weighted by Crippen LogP contribution is 2.21. The van der Waals surface area contributed by atoms with Gasteiger partial charge in [-0.15, -0.1) is 0 Å². The zero-order valence-corrected chi connectivity index (χ0v) is 15.4. The van der Waals surface area contributed by atoms with Gasteiger partial charge in [0.15, 0.2) is 0 Å². The molecule has 0 aromatic heterocycles. The maximum Gasteiger partial charge on any atom is 0.239 e. The van der Waals surface area contributed by atoms with Crippen LogP contribution in [0.4, 0.5) is 0 Å². The Balaban J connectivity index is 1.75. The molecule has 1 aliphatic heterocycles. The highest BCUT2D eigenvalue weighted by molar-refractivity contribution is 7.98. The molecule has 1 heterocycles. The topological polar surface area (TPSA) is 64.8 Å². The molecule has 24 heavy (non-hydrogen) atoms. The molecule has 5 nitrogen and oxygen atoms in total. The number of ether oxygens (including phenoxy) is 2. The number of rotatable bonds is 8. The zero-order valence-electron chi connectivity index (χ0n) is 14.6. The molecule has 1 fully saturated rings. The van der Waals surface area contributed by atoms with Crippen molar-refractivity contribution < 1.29 is 14.3 Å². The summed E-state index contributed by atoms with van der Waals surface area (Å²) in [6.07, 6.45) is 4.67. The fourth-order valence-electron chi connectivity index (χ4n) is 2.88. The molecule has 1 aromatic carbocycles. The number of nitrogens with zero attached hydrogens (tertiary/aromatic N) is 1. The van der Waals surface area contributed by atoms with Crippen LogP contribution in [0.3, 0.4) is 0 Å². The number of carbonyl (C=O) groups is 1. The van der Waals surface area contributed by atoms with E-state index >= 15 is 0 Å². The van der Waals surface area contributed by atoms with E-state index in [1.165, 1.54) is 0 Å². The molecule has 1 atom stereocenters. The SMILES string of the molecule is COc1ccccc1COC1CCN(C(=O)C(N)CCSC)CC1. The number of para-hydroxylation sites is 1. The van der Waals surface area contributed by atoms with Crippen LogP contribution in [0.5, 0.6) is 5.75 Å². The number of benzene rings is 1. The van der Waals surface area contributed by atoms with Crippen LogP contribution in [0.1, 0.15) is 24.8 Å². The van der Waals surface area contributed by atoms with E-state index in [-0.39, 0.29) is 18.1 Å². The van der Waals surface area contributed by atoms with Crippen LogP contribution in [0.2, 0.25) is 0 Å². The van der Waals surface area contributed by atoms with Gasteiger partial charge in [0.1, 0.15) is 5.75 Å². The summed E-state index contributed by atoms with van der Waals surface area (Å²) in [4.78, 5) is 14.2. The first kappa shape index (κ1) is 19.1. The predicted molar refractivity (Wildman–Crippen MR) is 98.4 cm³/mol. The number of carbonyl (C=O) groups excluding carboxylic acids is 1. The number of thioether (sulfide) groups is 1. The number of hydrogen-bond acceptors (Lipinski definition) is 5. The molecule has 6 heteroatoms. The van der Waals surface area contributed by atoms with Crippen molar-refractivity contribution in [2.45, 2.75) is 38.0 Å². The van der Waals surface area contributed by atoms with Gasteiger partial charge in [-0.05, 0) is 37.3 Å². The molecule has 0 radical (unpaired) electrons. The van der Waals surface area contributed by atoms with E-state index in [0.717, 1.165) is 49.4 Å². The summed E-state index contributed by atoms with van der Waals surface area (Å²) in [5.74, 6) is 1.85. The summed E-state index contributed by atoms with van der Waals surface area (Å²) in [6.45, 7) is 1.99. The first-order valence-corrected chi connectivity index (χ1v) is 9.82. The molecule has 0 saturated carbocycles. The van der Waals surface area contributed by atoms with Gasteiger partial charge in [-0.1, -0.05) is 18.2 Å². The Labute approximate surface area is 148 Å². The van der Waals surface area contributed by atoms with Gasteiger partial charge in [0.2, 0.25) is 5.91 Å². The zero-order chi connectivity index (χ0) is 17.4. The number of piperidine rings is 1. The van der Waals surface area contributed by atoms with Crippen LogP contribution in [0.15, 0.2) is 24.3 Å². The van der Waals surface area contributed by atoms with E-state index in [1.807, 2.05) is 35.4 Å². The molecule has 1 unspecified atom stereocenters. The van der Waals surface area contributed by atoms with E-state index < -0.39 is 0 Å². The van der Waals surface area contributed by atoms with Gasteiger partial charge in [0.25, 0.3) is 0 Å². The van der Waals surface area contributed by atoms with Crippen LogP contribution in [-0.2, 0) is 16.1 Å². The van der Waals surface area contributed by atoms with Gasteiger partial charge in [-0.2, -0.15) is 11.8 Å². The summed E-state index contributed by atoms with van der Waals surface area (Å²) in [5.41, 5.74) is 7.04. The average Bonchev–Trinajstić information content (AvgIpc) is 2.64. The summed E-state index contributed by atoms with van der Waals surface area (Å²) in [5, 5.41) is 0. The molecule has 1 saturated heterocycles. The van der Waals surface area contributed by atoms with Crippen molar-refractivity contribution >= 4 is 17.7 Å². The number of methoxy groups -OCH3 is 1. The second-order valence-electron chi connectivity index (χ2n) is 6.04. The van der Waals surface area contributed by atoms with Crippen molar-refractivity contribution in [2.24, 2.45) is 5.73 Å². The van der Waals surface area contributed by atoms with Crippen LogP contribution < -0.4 is 10.5 Å². The highest BCUT2D eigenvalue weighted by Gasteiger charge is 2.26. The number of hydrogen-bond donors (Lipinski definition) is 1. The standard InChI is InChI=1S/C18H28N2O3S/c1-22-17-6-4-3-5-14(17)13-23-15-7-10-20(11-8-15)18(21)16(19)9-12-24-2/h3-6,15-16H,7-13,19H2,1-2H3. The Morgan fingerprint density at radius 2 is 2.08 bits per heavy atom. The van der Waals surface area contributed by atoms with Gasteiger partial charge in [-0.25, -0.2) is 0 Å². The molecule has 0 spiro atoms. The average molecular weight is 353 g/mol. The molecule has 0 aliphatic carbocycles. The molecular weight excluding hydrogens is 324 g/mol. The summed E-state index contributed by atoms with van der Waals surface area (Å²) in [6, 6.07) is 7.52. The van der Waals surface area contributed by atoms with E-state index in [0.29, 0.717) is 6.61 Å². The van der Waals surface area contributed by atoms with Gasteiger partial charge in [0.05, 0.1) is 25.9 Å². The minimum Gasteiger partial charge on any atom is -0.496 e. The number of likely N-dealkylation sites (tertiary alicyclic amines) is 1. The molecular formula is C18H28N2O3S. The van der Waals surface area contributed by atoms with Gasteiger partial charge in [0, 0.05) is 18.7 Å². The Morgan fingerprint density at radius 3 is 2.75 bits per heavy atom.